The Balaban J connectivity index is 1.85. The Morgan fingerprint density at radius 2 is 2.08 bits per heavy atom. The zero-order chi connectivity index (χ0) is 18.0. The molecule has 4 atom stereocenters. The number of nitrogens with one attached hydrogen (secondary N) is 1. The topological polar surface area (TPSA) is 150 Å². The first-order chi connectivity index (χ1) is 11.2. The number of nitrogens with zero attached hydrogens (tertiary/aromatic N) is 1. The number of fused-ring (bicyclic) bond motifs is 1. The van der Waals surface area contributed by atoms with Crippen LogP contribution in [0.2, 0.25) is 0 Å². The Morgan fingerprint density at radius 3 is 2.67 bits per heavy atom. The van der Waals surface area contributed by atoms with E-state index in [1.54, 1.807) is 0 Å². The van der Waals surface area contributed by atoms with E-state index in [0.717, 1.165) is 0 Å². The largest absolute Gasteiger partial charge is 0.480 e. The lowest BCUT2D eigenvalue weighted by atomic mass is 9.98. The number of hydrogen-bond donors (Lipinski definition) is 4. The Kier molecular flexibility index (Phi) is 5.50. The quantitative estimate of drug-likeness (QED) is 0.334. The van der Waals surface area contributed by atoms with Gasteiger partial charge in [0.25, 0.3) is 0 Å². The molecule has 5 N–H and O–H groups in total. The summed E-state index contributed by atoms with van der Waals surface area (Å²) in [5.41, 5.74) is 5.80. The summed E-state index contributed by atoms with van der Waals surface area (Å²) < 4.78 is 0. The van der Waals surface area contributed by atoms with Crippen molar-refractivity contribution in [2.24, 2.45) is 5.73 Å². The van der Waals surface area contributed by atoms with E-state index in [-0.39, 0.29) is 25.2 Å². The van der Waals surface area contributed by atoms with Crippen molar-refractivity contribution in [2.45, 2.75) is 42.8 Å². The van der Waals surface area contributed by atoms with Crippen LogP contribution in [0, 0.1) is 0 Å². The minimum Gasteiger partial charge on any atom is -0.480 e. The maximum Gasteiger partial charge on any atom is 0.330 e. The Hall–Kier alpha value is -2.07. The molecule has 2 heterocycles. The Morgan fingerprint density at radius 1 is 1.42 bits per heavy atom. The van der Waals surface area contributed by atoms with Gasteiger partial charge in [0.2, 0.25) is 11.8 Å². The van der Waals surface area contributed by atoms with Crippen molar-refractivity contribution in [2.75, 3.05) is 5.75 Å². The van der Waals surface area contributed by atoms with Crippen molar-refractivity contribution in [3.05, 3.63) is 12.2 Å². The van der Waals surface area contributed by atoms with E-state index in [2.05, 4.69) is 11.9 Å². The van der Waals surface area contributed by atoms with Gasteiger partial charge in [-0.15, -0.1) is 11.8 Å². The Labute approximate surface area is 142 Å². The highest BCUT2D eigenvalue weighted by Gasteiger charge is 2.56. The molecular formula is C14H19N3O6S. The van der Waals surface area contributed by atoms with Crippen molar-refractivity contribution >= 4 is 35.5 Å². The van der Waals surface area contributed by atoms with Crippen LogP contribution in [-0.2, 0) is 19.2 Å². The monoisotopic (exact) mass is 357 g/mol. The highest BCUT2D eigenvalue weighted by molar-refractivity contribution is 8.00. The van der Waals surface area contributed by atoms with E-state index in [1.165, 1.54) is 16.7 Å². The van der Waals surface area contributed by atoms with E-state index in [4.69, 9.17) is 10.8 Å². The van der Waals surface area contributed by atoms with Crippen LogP contribution in [0.5, 0.6) is 0 Å². The summed E-state index contributed by atoms with van der Waals surface area (Å²) in [6, 6.07) is -2.83. The number of carbonyl (C=O) groups is 4. The number of nitrogens with two attached hydrogens (primary N) is 1. The minimum absolute atomic E-state index is 0.0528. The minimum atomic E-state index is -1.13. The molecular weight excluding hydrogens is 338 g/mol. The third kappa shape index (κ3) is 3.54. The third-order valence-electron chi connectivity index (χ3n) is 3.97. The smallest absolute Gasteiger partial charge is 0.330 e. The van der Waals surface area contributed by atoms with Gasteiger partial charge in [-0.2, -0.15) is 0 Å². The molecule has 0 saturated carbocycles. The summed E-state index contributed by atoms with van der Waals surface area (Å²) in [6.07, 6.45) is 0.500. The van der Waals surface area contributed by atoms with Crippen molar-refractivity contribution in [3.63, 3.8) is 0 Å². The summed E-state index contributed by atoms with van der Waals surface area (Å²) in [4.78, 5) is 47.1. The molecule has 10 heteroatoms. The van der Waals surface area contributed by atoms with Crippen LogP contribution < -0.4 is 11.1 Å². The fourth-order valence-electron chi connectivity index (χ4n) is 2.68. The highest BCUT2D eigenvalue weighted by Crippen LogP contribution is 2.39. The van der Waals surface area contributed by atoms with Crippen molar-refractivity contribution < 1.29 is 29.4 Å². The van der Waals surface area contributed by atoms with E-state index >= 15 is 0 Å². The summed E-state index contributed by atoms with van der Waals surface area (Å²) in [7, 11) is 0. The summed E-state index contributed by atoms with van der Waals surface area (Å²) >= 11 is 1.36. The van der Waals surface area contributed by atoms with E-state index in [1.807, 2.05) is 0 Å². The number of aliphatic carboxylic acids is 2. The number of rotatable bonds is 7. The van der Waals surface area contributed by atoms with Crippen LogP contribution in [-0.4, -0.2) is 68.1 Å². The second-order valence-electron chi connectivity index (χ2n) is 5.73. The van der Waals surface area contributed by atoms with Crippen LogP contribution in [0.1, 0.15) is 19.3 Å². The Bertz CT molecular complexity index is 595. The molecule has 0 aromatic carbocycles. The zero-order valence-electron chi connectivity index (χ0n) is 12.8. The normalized spacial score (nSPS) is 27.0. The fraction of sp³-hybridized carbons (Fsp3) is 0.571. The lowest BCUT2D eigenvalue weighted by Crippen LogP contribution is -2.74. The van der Waals surface area contributed by atoms with Gasteiger partial charge < -0.3 is 26.2 Å². The number of carbonyl (C=O) groups excluding carboxylic acids is 2. The molecule has 24 heavy (non-hydrogen) atoms. The fourth-order valence-corrected chi connectivity index (χ4v) is 3.99. The average molecular weight is 357 g/mol. The molecule has 2 amide bonds. The van der Waals surface area contributed by atoms with Gasteiger partial charge in [-0.3, -0.25) is 14.4 Å². The molecule has 2 aliphatic heterocycles. The molecule has 0 aromatic heterocycles. The summed E-state index contributed by atoms with van der Waals surface area (Å²) in [6.45, 7) is 3.68. The molecule has 9 nitrogen and oxygen atoms in total. The van der Waals surface area contributed by atoms with E-state index < -0.39 is 41.3 Å². The molecule has 2 fully saturated rings. The maximum atomic E-state index is 12.2. The third-order valence-corrected chi connectivity index (χ3v) is 5.35. The first kappa shape index (κ1) is 18.3. The maximum absolute atomic E-state index is 12.2. The standard InChI is InChI=1S/C14H19N3O6S/c1-6-5-24-12-9(11(19)17(12)10(6)14(22)23)16-8(18)4-2-3-7(15)13(20)21/h7,9-10,12H,1-5,15H2,(H,16,18)(H,20,21)(H,22,23)/t7?,9?,10?,12-/m1/s1. The number of carboxylic acid groups (broad SMARTS) is 2. The number of β-lactam (4-membered cyclic amide) rings is 1. The summed E-state index contributed by atoms with van der Waals surface area (Å²) in [5, 5.41) is 20.0. The number of carboxylic acids is 2. The second kappa shape index (κ2) is 7.22. The van der Waals surface area contributed by atoms with Crippen LogP contribution in [0.3, 0.4) is 0 Å². The van der Waals surface area contributed by atoms with Crippen LogP contribution in [0.15, 0.2) is 12.2 Å². The lowest BCUT2D eigenvalue weighted by Gasteiger charge is -2.52. The zero-order valence-corrected chi connectivity index (χ0v) is 13.6. The van der Waals surface area contributed by atoms with E-state index in [9.17, 15) is 24.3 Å². The molecule has 3 unspecified atom stereocenters. The molecule has 2 aliphatic rings. The van der Waals surface area contributed by atoms with Gasteiger partial charge in [0.05, 0.1) is 0 Å². The van der Waals surface area contributed by atoms with Gasteiger partial charge >= 0.3 is 11.9 Å². The highest BCUT2D eigenvalue weighted by atomic mass is 32.2. The predicted molar refractivity (Wildman–Crippen MR) is 85.0 cm³/mol. The van der Waals surface area contributed by atoms with Gasteiger partial charge in [0.15, 0.2) is 6.04 Å². The van der Waals surface area contributed by atoms with Gasteiger partial charge in [-0.05, 0) is 18.4 Å². The lowest BCUT2D eigenvalue weighted by molar-refractivity contribution is -0.160. The first-order valence-electron chi connectivity index (χ1n) is 7.36. The van der Waals surface area contributed by atoms with Crippen molar-refractivity contribution in [3.8, 4) is 0 Å². The predicted octanol–water partition coefficient (Wildman–Crippen LogP) is -1.02. The molecule has 0 radical (unpaired) electrons. The first-order valence-corrected chi connectivity index (χ1v) is 8.41. The van der Waals surface area contributed by atoms with Crippen LogP contribution in [0.4, 0.5) is 0 Å². The molecule has 2 rings (SSSR count). The average Bonchev–Trinajstić information content (AvgIpc) is 2.51. The molecule has 2 saturated heterocycles. The molecule has 0 bridgehead atoms. The molecule has 132 valence electrons. The van der Waals surface area contributed by atoms with Crippen LogP contribution >= 0.6 is 11.8 Å². The molecule has 0 spiro atoms. The number of thioether (sulfide) groups is 1. The van der Waals surface area contributed by atoms with Gasteiger partial charge in [0, 0.05) is 12.2 Å². The van der Waals surface area contributed by atoms with Crippen molar-refractivity contribution in [1.82, 2.24) is 10.2 Å². The van der Waals surface area contributed by atoms with Gasteiger partial charge in [-0.25, -0.2) is 4.79 Å². The van der Waals surface area contributed by atoms with Crippen molar-refractivity contribution in [1.29, 1.82) is 0 Å². The molecule has 0 aromatic rings. The molecule has 0 aliphatic carbocycles. The van der Waals surface area contributed by atoms with Crippen LogP contribution in [0.25, 0.3) is 0 Å². The van der Waals surface area contributed by atoms with Gasteiger partial charge in [-0.1, -0.05) is 6.58 Å². The number of amides is 2. The summed E-state index contributed by atoms with van der Waals surface area (Å²) in [5.74, 6) is -2.69. The van der Waals surface area contributed by atoms with Gasteiger partial charge in [0.1, 0.15) is 17.5 Å². The SMILES string of the molecule is C=C1CS[C@@H]2C(NC(=O)CCCC(N)C(=O)O)C(=O)N2C1C(=O)O. The van der Waals surface area contributed by atoms with E-state index in [0.29, 0.717) is 11.3 Å². The second-order valence-corrected chi connectivity index (χ2v) is 6.83. The number of hydrogen-bond acceptors (Lipinski definition) is 6.